The summed E-state index contributed by atoms with van der Waals surface area (Å²) in [4.78, 5) is 18.9. The maximum Gasteiger partial charge on any atom is 0.248 e. The normalized spacial score (nSPS) is 22.2. The average molecular weight is 329 g/mol. The van der Waals surface area contributed by atoms with Gasteiger partial charge in [-0.15, -0.1) is 0 Å². The summed E-state index contributed by atoms with van der Waals surface area (Å²) in [6.45, 7) is 7.57. The van der Waals surface area contributed by atoms with Crippen molar-refractivity contribution in [3.63, 3.8) is 0 Å². The van der Waals surface area contributed by atoms with Crippen LogP contribution in [0.3, 0.4) is 0 Å². The lowest BCUT2D eigenvalue weighted by molar-refractivity contribution is -0.119. The van der Waals surface area contributed by atoms with E-state index in [2.05, 4.69) is 34.1 Å². The molecule has 2 aromatic heterocycles. The molecule has 3 atom stereocenters. The second-order valence-corrected chi connectivity index (χ2v) is 6.22. The number of ether oxygens (including phenoxy) is 1. The average Bonchev–Trinajstić information content (AvgIpc) is 3.08. The molecule has 7 heteroatoms. The fraction of sp³-hybridized carbons (Fsp3) is 0.471. The number of carbonyl (C=O) groups is 1. The summed E-state index contributed by atoms with van der Waals surface area (Å²) in [5.41, 5.74) is 0.678. The summed E-state index contributed by atoms with van der Waals surface area (Å²) < 4.78 is 7.36. The Morgan fingerprint density at radius 2 is 2.08 bits per heavy atom. The van der Waals surface area contributed by atoms with Crippen molar-refractivity contribution < 1.29 is 9.53 Å². The second-order valence-electron chi connectivity index (χ2n) is 6.22. The number of anilines is 2. The van der Waals surface area contributed by atoms with Gasteiger partial charge in [0.2, 0.25) is 5.91 Å². The lowest BCUT2D eigenvalue weighted by Gasteiger charge is -2.36. The van der Waals surface area contributed by atoms with E-state index < -0.39 is 0 Å². The van der Waals surface area contributed by atoms with Crippen LogP contribution in [-0.2, 0) is 9.53 Å². The first-order valence-electron chi connectivity index (χ1n) is 8.19. The number of hydrogen-bond acceptors (Lipinski definition) is 5. The van der Waals surface area contributed by atoms with Crippen LogP contribution in [0.25, 0.3) is 0 Å². The number of nitrogens with zero attached hydrogens (tertiary/aromatic N) is 4. The van der Waals surface area contributed by atoms with Gasteiger partial charge in [-0.3, -0.25) is 9.48 Å². The molecule has 1 fully saturated rings. The molecule has 1 saturated heterocycles. The third-order valence-corrected chi connectivity index (χ3v) is 4.06. The predicted octanol–water partition coefficient (Wildman–Crippen LogP) is 2.09. The van der Waals surface area contributed by atoms with Crippen molar-refractivity contribution in [3.05, 3.63) is 36.8 Å². The molecule has 1 aliphatic heterocycles. The van der Waals surface area contributed by atoms with Crippen LogP contribution in [0.5, 0.6) is 0 Å². The highest BCUT2D eigenvalue weighted by Gasteiger charge is 2.23. The molecule has 0 radical (unpaired) electrons. The van der Waals surface area contributed by atoms with E-state index in [4.69, 9.17) is 4.74 Å². The number of aromatic nitrogens is 3. The SMILES string of the molecule is C[C@@H]1CN(c2ccc(NC(=O)[C@H](C)n3cccn3)cn2)C[C@H](C)O1. The molecule has 7 nitrogen and oxygen atoms in total. The molecule has 2 aromatic rings. The number of morpholine rings is 1. The number of pyridine rings is 1. The van der Waals surface area contributed by atoms with E-state index in [-0.39, 0.29) is 24.2 Å². The summed E-state index contributed by atoms with van der Waals surface area (Å²) in [5.74, 6) is 0.775. The van der Waals surface area contributed by atoms with E-state index in [1.54, 1.807) is 36.3 Å². The van der Waals surface area contributed by atoms with Gasteiger partial charge in [0.15, 0.2) is 0 Å². The van der Waals surface area contributed by atoms with Crippen molar-refractivity contribution in [2.45, 2.75) is 39.0 Å². The van der Waals surface area contributed by atoms with Gasteiger partial charge in [-0.2, -0.15) is 5.10 Å². The molecule has 0 saturated carbocycles. The molecular formula is C17H23N5O2. The summed E-state index contributed by atoms with van der Waals surface area (Å²) in [6.07, 6.45) is 5.49. The minimum Gasteiger partial charge on any atom is -0.372 e. The van der Waals surface area contributed by atoms with Crippen LogP contribution in [-0.4, -0.2) is 46.0 Å². The van der Waals surface area contributed by atoms with Crippen LogP contribution in [0.4, 0.5) is 11.5 Å². The van der Waals surface area contributed by atoms with Gasteiger partial charge in [-0.05, 0) is 39.0 Å². The molecule has 24 heavy (non-hydrogen) atoms. The number of nitrogens with one attached hydrogen (secondary N) is 1. The van der Waals surface area contributed by atoms with Crippen molar-refractivity contribution >= 4 is 17.4 Å². The molecule has 0 unspecified atom stereocenters. The Balaban J connectivity index is 1.63. The summed E-state index contributed by atoms with van der Waals surface area (Å²) in [7, 11) is 0. The van der Waals surface area contributed by atoms with Gasteiger partial charge in [0.1, 0.15) is 11.9 Å². The predicted molar refractivity (Wildman–Crippen MR) is 92.0 cm³/mol. The number of rotatable bonds is 4. The Hall–Kier alpha value is -2.41. The van der Waals surface area contributed by atoms with Crippen molar-refractivity contribution in [1.29, 1.82) is 0 Å². The summed E-state index contributed by atoms with van der Waals surface area (Å²) in [6, 6.07) is 5.23. The number of amides is 1. The van der Waals surface area contributed by atoms with Crippen LogP contribution in [0.1, 0.15) is 26.8 Å². The van der Waals surface area contributed by atoms with Crippen molar-refractivity contribution in [1.82, 2.24) is 14.8 Å². The first-order chi connectivity index (χ1) is 11.5. The van der Waals surface area contributed by atoms with E-state index in [0.717, 1.165) is 18.9 Å². The molecule has 3 rings (SSSR count). The molecular weight excluding hydrogens is 306 g/mol. The van der Waals surface area contributed by atoms with Gasteiger partial charge in [0, 0.05) is 25.5 Å². The molecule has 0 aromatic carbocycles. The van der Waals surface area contributed by atoms with Crippen molar-refractivity contribution in [3.8, 4) is 0 Å². The van der Waals surface area contributed by atoms with Crippen LogP contribution in [0.15, 0.2) is 36.8 Å². The van der Waals surface area contributed by atoms with E-state index in [1.165, 1.54) is 0 Å². The maximum absolute atomic E-state index is 12.3. The van der Waals surface area contributed by atoms with Crippen molar-refractivity contribution in [2.24, 2.45) is 0 Å². The molecule has 1 amide bonds. The smallest absolute Gasteiger partial charge is 0.248 e. The lowest BCUT2D eigenvalue weighted by Crippen LogP contribution is -2.45. The standard InChI is InChI=1S/C17H23N5O2/c1-12-10-21(11-13(2)24-12)16-6-5-15(9-18-16)20-17(23)14(3)22-8-4-7-19-22/h4-9,12-14H,10-11H2,1-3H3,(H,20,23)/t12-,13+,14-/m0/s1. The van der Waals surface area contributed by atoms with Gasteiger partial charge >= 0.3 is 0 Å². The van der Waals surface area contributed by atoms with Crippen LogP contribution >= 0.6 is 0 Å². The Morgan fingerprint density at radius 3 is 2.67 bits per heavy atom. The minimum atomic E-state index is -0.374. The van der Waals surface area contributed by atoms with Gasteiger partial charge in [-0.25, -0.2) is 4.98 Å². The van der Waals surface area contributed by atoms with Crippen LogP contribution in [0.2, 0.25) is 0 Å². The van der Waals surface area contributed by atoms with Gasteiger partial charge in [0.25, 0.3) is 0 Å². The van der Waals surface area contributed by atoms with Gasteiger partial charge in [0.05, 0.1) is 24.1 Å². The van der Waals surface area contributed by atoms with E-state index in [1.807, 2.05) is 12.1 Å². The minimum absolute atomic E-state index is 0.123. The number of carbonyl (C=O) groups excluding carboxylic acids is 1. The monoisotopic (exact) mass is 329 g/mol. The van der Waals surface area contributed by atoms with E-state index in [9.17, 15) is 4.79 Å². The molecule has 1 aliphatic rings. The molecule has 128 valence electrons. The fourth-order valence-electron chi connectivity index (χ4n) is 2.89. The first-order valence-corrected chi connectivity index (χ1v) is 8.19. The molecule has 3 heterocycles. The zero-order valence-electron chi connectivity index (χ0n) is 14.2. The third kappa shape index (κ3) is 3.73. The van der Waals surface area contributed by atoms with Crippen LogP contribution < -0.4 is 10.2 Å². The van der Waals surface area contributed by atoms with Crippen molar-refractivity contribution in [2.75, 3.05) is 23.3 Å². The highest BCUT2D eigenvalue weighted by molar-refractivity contribution is 5.93. The first kappa shape index (κ1) is 16.4. The Labute approximate surface area is 141 Å². The largest absolute Gasteiger partial charge is 0.372 e. The third-order valence-electron chi connectivity index (χ3n) is 4.06. The second kappa shape index (κ2) is 7.00. The zero-order chi connectivity index (χ0) is 17.1. The summed E-state index contributed by atoms with van der Waals surface area (Å²) in [5, 5.41) is 6.96. The lowest BCUT2D eigenvalue weighted by atomic mass is 10.2. The van der Waals surface area contributed by atoms with Crippen LogP contribution in [0, 0.1) is 0 Å². The quantitative estimate of drug-likeness (QED) is 0.930. The Bertz CT molecular complexity index is 661. The molecule has 0 aliphatic carbocycles. The van der Waals surface area contributed by atoms with Gasteiger partial charge in [-0.1, -0.05) is 0 Å². The van der Waals surface area contributed by atoms with Gasteiger partial charge < -0.3 is 15.0 Å². The Morgan fingerprint density at radius 1 is 1.33 bits per heavy atom. The highest BCUT2D eigenvalue weighted by Crippen LogP contribution is 2.20. The number of hydrogen-bond donors (Lipinski definition) is 1. The molecule has 0 spiro atoms. The van der Waals surface area contributed by atoms with E-state index >= 15 is 0 Å². The highest BCUT2D eigenvalue weighted by atomic mass is 16.5. The zero-order valence-corrected chi connectivity index (χ0v) is 14.2. The molecule has 1 N–H and O–H groups in total. The topological polar surface area (TPSA) is 72.3 Å². The maximum atomic E-state index is 12.3. The summed E-state index contributed by atoms with van der Waals surface area (Å²) >= 11 is 0. The fourth-order valence-corrected chi connectivity index (χ4v) is 2.89. The van der Waals surface area contributed by atoms with E-state index in [0.29, 0.717) is 5.69 Å². The Kier molecular flexibility index (Phi) is 4.80. The molecule has 0 bridgehead atoms.